The third kappa shape index (κ3) is 4.91. The van der Waals surface area contributed by atoms with E-state index < -0.39 is 11.6 Å². The number of carbonyl (C=O) groups is 2. The molecule has 2 heterocycles. The molecule has 0 radical (unpaired) electrons. The number of benzene rings is 1. The first kappa shape index (κ1) is 19.9. The van der Waals surface area contributed by atoms with Gasteiger partial charge < -0.3 is 10.2 Å². The number of halogens is 2. The maximum atomic E-state index is 13.4. The van der Waals surface area contributed by atoms with Crippen LogP contribution in [0.3, 0.4) is 0 Å². The number of piperidine rings is 1. The zero-order chi connectivity index (χ0) is 20.3. The Morgan fingerprint density at radius 2 is 1.89 bits per heavy atom. The van der Waals surface area contributed by atoms with E-state index in [2.05, 4.69) is 10.3 Å². The molecule has 1 saturated heterocycles. The molecule has 0 bridgehead atoms. The molecule has 2 unspecified atom stereocenters. The smallest absolute Gasteiger partial charge is 0.225 e. The molecule has 3 rings (SSSR count). The molecule has 7 heteroatoms. The number of anilines is 1. The molecular formula is C21H23F2N3O2. The van der Waals surface area contributed by atoms with Gasteiger partial charge >= 0.3 is 0 Å². The van der Waals surface area contributed by atoms with Gasteiger partial charge in [-0.15, -0.1) is 0 Å². The van der Waals surface area contributed by atoms with Crippen LogP contribution in [-0.4, -0.2) is 34.3 Å². The number of carbonyl (C=O) groups excluding carboxylic acids is 2. The van der Waals surface area contributed by atoms with Gasteiger partial charge in [0.05, 0.1) is 0 Å². The number of nitrogens with zero attached hydrogens (tertiary/aromatic N) is 2. The molecule has 2 amide bonds. The summed E-state index contributed by atoms with van der Waals surface area (Å²) in [6.07, 6.45) is 3.40. The van der Waals surface area contributed by atoms with Gasteiger partial charge in [-0.25, -0.2) is 13.8 Å². The van der Waals surface area contributed by atoms with Crippen molar-refractivity contribution >= 4 is 17.6 Å². The van der Waals surface area contributed by atoms with E-state index in [0.717, 1.165) is 18.9 Å². The van der Waals surface area contributed by atoms with Gasteiger partial charge in [0.1, 0.15) is 17.5 Å². The van der Waals surface area contributed by atoms with Crippen molar-refractivity contribution in [2.24, 2.45) is 5.92 Å². The Bertz CT molecular complexity index is 867. The molecule has 148 valence electrons. The molecule has 2 atom stereocenters. The van der Waals surface area contributed by atoms with Gasteiger partial charge in [0.15, 0.2) is 0 Å². The Balaban J connectivity index is 1.63. The highest BCUT2D eigenvalue weighted by Crippen LogP contribution is 2.27. The standard InChI is InChI=1S/C21H23F2N3O2/c1-13-7-15(4-6-26(13)14(2)27)8-21(28)25-20-11-16(3-5-24-20)17-9-18(22)12-19(23)10-17/h3,5,9-13,15H,4,6-8H2,1-2H3,(H,24,25,28). The summed E-state index contributed by atoms with van der Waals surface area (Å²) < 4.78 is 26.9. The quantitative estimate of drug-likeness (QED) is 0.863. The van der Waals surface area contributed by atoms with Crippen LogP contribution in [0.15, 0.2) is 36.5 Å². The summed E-state index contributed by atoms with van der Waals surface area (Å²) >= 11 is 0. The predicted molar refractivity (Wildman–Crippen MR) is 102 cm³/mol. The number of hydrogen-bond acceptors (Lipinski definition) is 3. The van der Waals surface area contributed by atoms with Gasteiger partial charge in [0.25, 0.3) is 0 Å². The summed E-state index contributed by atoms with van der Waals surface area (Å²) in [4.78, 5) is 29.9. The molecule has 1 N–H and O–H groups in total. The zero-order valence-corrected chi connectivity index (χ0v) is 15.9. The van der Waals surface area contributed by atoms with Crippen molar-refractivity contribution in [2.75, 3.05) is 11.9 Å². The molecule has 5 nitrogen and oxygen atoms in total. The van der Waals surface area contributed by atoms with Gasteiger partial charge in [0.2, 0.25) is 11.8 Å². The summed E-state index contributed by atoms with van der Waals surface area (Å²) in [7, 11) is 0. The zero-order valence-electron chi connectivity index (χ0n) is 15.9. The second-order valence-corrected chi connectivity index (χ2v) is 7.29. The van der Waals surface area contributed by atoms with E-state index in [-0.39, 0.29) is 23.8 Å². The normalized spacial score (nSPS) is 19.4. The summed E-state index contributed by atoms with van der Waals surface area (Å²) in [6.45, 7) is 4.22. The van der Waals surface area contributed by atoms with E-state index in [4.69, 9.17) is 0 Å². The van der Waals surface area contributed by atoms with Gasteiger partial charge in [0, 0.05) is 38.2 Å². The number of amides is 2. The monoisotopic (exact) mass is 387 g/mol. The Labute approximate surface area is 162 Å². The summed E-state index contributed by atoms with van der Waals surface area (Å²) in [5.41, 5.74) is 0.938. The third-order valence-electron chi connectivity index (χ3n) is 5.09. The number of likely N-dealkylation sites (tertiary alicyclic amines) is 1. The number of pyridine rings is 1. The van der Waals surface area contributed by atoms with Crippen LogP contribution >= 0.6 is 0 Å². The molecule has 0 aliphatic carbocycles. The molecule has 1 fully saturated rings. The van der Waals surface area contributed by atoms with Crippen LogP contribution in [0, 0.1) is 17.6 Å². The first-order valence-electron chi connectivity index (χ1n) is 9.31. The highest BCUT2D eigenvalue weighted by Gasteiger charge is 2.28. The molecule has 1 aromatic carbocycles. The SMILES string of the molecule is CC(=O)N1CCC(CC(=O)Nc2cc(-c3cc(F)cc(F)c3)ccn2)CC1C. The lowest BCUT2D eigenvalue weighted by atomic mass is 9.88. The van der Waals surface area contributed by atoms with E-state index >= 15 is 0 Å². The lowest BCUT2D eigenvalue weighted by Crippen LogP contribution is -2.44. The van der Waals surface area contributed by atoms with E-state index in [0.29, 0.717) is 29.9 Å². The molecule has 1 aromatic heterocycles. The maximum absolute atomic E-state index is 13.4. The Morgan fingerprint density at radius 3 is 2.54 bits per heavy atom. The largest absolute Gasteiger partial charge is 0.340 e. The Hall–Kier alpha value is -2.83. The van der Waals surface area contributed by atoms with Gasteiger partial charge in [-0.1, -0.05) is 0 Å². The van der Waals surface area contributed by atoms with Gasteiger partial charge in [-0.3, -0.25) is 9.59 Å². The first-order chi connectivity index (χ1) is 13.3. The minimum atomic E-state index is -0.663. The van der Waals surface area contributed by atoms with Crippen LogP contribution in [-0.2, 0) is 9.59 Å². The molecule has 28 heavy (non-hydrogen) atoms. The van der Waals surface area contributed by atoms with Gasteiger partial charge in [-0.05, 0) is 61.1 Å². The van der Waals surface area contributed by atoms with Crippen LogP contribution in [0.25, 0.3) is 11.1 Å². The minimum Gasteiger partial charge on any atom is -0.340 e. The second-order valence-electron chi connectivity index (χ2n) is 7.29. The lowest BCUT2D eigenvalue weighted by molar-refractivity contribution is -0.132. The van der Waals surface area contributed by atoms with E-state index in [1.807, 2.05) is 11.8 Å². The maximum Gasteiger partial charge on any atom is 0.225 e. The molecule has 0 spiro atoms. The number of nitrogens with one attached hydrogen (secondary N) is 1. The summed E-state index contributed by atoms with van der Waals surface area (Å²) in [5, 5.41) is 2.76. The third-order valence-corrected chi connectivity index (χ3v) is 5.09. The number of rotatable bonds is 4. The highest BCUT2D eigenvalue weighted by molar-refractivity contribution is 5.90. The van der Waals surface area contributed by atoms with Crippen LogP contribution in [0.2, 0.25) is 0 Å². The van der Waals surface area contributed by atoms with Crippen molar-refractivity contribution in [2.45, 2.75) is 39.2 Å². The second kappa shape index (κ2) is 8.46. The molecule has 1 aliphatic heterocycles. The first-order valence-corrected chi connectivity index (χ1v) is 9.31. The van der Waals surface area contributed by atoms with Gasteiger partial charge in [-0.2, -0.15) is 0 Å². The predicted octanol–water partition coefficient (Wildman–Crippen LogP) is 4.00. The van der Waals surface area contributed by atoms with Crippen molar-refractivity contribution in [3.63, 3.8) is 0 Å². The van der Waals surface area contributed by atoms with Crippen molar-refractivity contribution < 1.29 is 18.4 Å². The summed E-state index contributed by atoms with van der Waals surface area (Å²) in [6, 6.07) is 6.61. The fourth-order valence-electron chi connectivity index (χ4n) is 3.78. The van der Waals surface area contributed by atoms with E-state index in [1.165, 1.54) is 18.3 Å². The Kier molecular flexibility index (Phi) is 6.02. The van der Waals surface area contributed by atoms with E-state index in [1.54, 1.807) is 19.1 Å². The topological polar surface area (TPSA) is 62.3 Å². The molecule has 1 aliphatic rings. The van der Waals surface area contributed by atoms with Crippen LogP contribution in [0.1, 0.15) is 33.1 Å². The summed E-state index contributed by atoms with van der Waals surface area (Å²) in [5.74, 6) is -0.895. The van der Waals surface area contributed by atoms with Crippen molar-refractivity contribution in [3.8, 4) is 11.1 Å². The van der Waals surface area contributed by atoms with Crippen molar-refractivity contribution in [1.82, 2.24) is 9.88 Å². The van der Waals surface area contributed by atoms with Crippen LogP contribution in [0.4, 0.5) is 14.6 Å². The average Bonchev–Trinajstić information content (AvgIpc) is 2.60. The van der Waals surface area contributed by atoms with Crippen molar-refractivity contribution in [1.29, 1.82) is 0 Å². The minimum absolute atomic E-state index is 0.0604. The van der Waals surface area contributed by atoms with Crippen LogP contribution in [0.5, 0.6) is 0 Å². The van der Waals surface area contributed by atoms with E-state index in [9.17, 15) is 18.4 Å². The molecule has 2 aromatic rings. The fraction of sp³-hybridized carbons (Fsp3) is 0.381. The van der Waals surface area contributed by atoms with Crippen LogP contribution < -0.4 is 5.32 Å². The average molecular weight is 387 g/mol. The Morgan fingerprint density at radius 1 is 1.18 bits per heavy atom. The van der Waals surface area contributed by atoms with Crippen molar-refractivity contribution in [3.05, 3.63) is 48.2 Å². The lowest BCUT2D eigenvalue weighted by Gasteiger charge is -2.37. The fourth-order valence-corrected chi connectivity index (χ4v) is 3.78. The highest BCUT2D eigenvalue weighted by atomic mass is 19.1. The number of aromatic nitrogens is 1. The molecular weight excluding hydrogens is 364 g/mol. The molecule has 0 saturated carbocycles. The number of hydrogen-bond donors (Lipinski definition) is 1.